The first-order chi connectivity index (χ1) is 14.9. The first-order valence-corrected chi connectivity index (χ1v) is 10.7. The Morgan fingerprint density at radius 1 is 1.19 bits per heavy atom. The highest BCUT2D eigenvalue weighted by Gasteiger charge is 2.44. The number of piperazine rings is 1. The van der Waals surface area contributed by atoms with Crippen LogP contribution >= 0.6 is 0 Å². The van der Waals surface area contributed by atoms with Crippen LogP contribution < -0.4 is 10.2 Å². The molecular weight excluding hydrogens is 395 g/mol. The minimum Gasteiger partial charge on any atom is -0.348 e. The van der Waals surface area contributed by atoms with Crippen LogP contribution in [0.1, 0.15) is 44.2 Å². The number of hydrogen-bond acceptors (Lipinski definition) is 6. The Labute approximate surface area is 181 Å². The van der Waals surface area contributed by atoms with Gasteiger partial charge in [-0.2, -0.15) is 9.65 Å². The smallest absolute Gasteiger partial charge is 0.223 e. The van der Waals surface area contributed by atoms with Crippen LogP contribution in [-0.4, -0.2) is 52.5 Å². The van der Waals surface area contributed by atoms with Crippen LogP contribution in [0.4, 0.5) is 10.2 Å². The Kier molecular flexibility index (Phi) is 5.88. The molecule has 7 nitrogen and oxygen atoms in total. The zero-order chi connectivity index (χ0) is 22.0. The highest BCUT2D eigenvalue weighted by atomic mass is 19.1. The summed E-state index contributed by atoms with van der Waals surface area (Å²) in [6, 6.07) is 9.13. The Balaban J connectivity index is 1.31. The summed E-state index contributed by atoms with van der Waals surface area (Å²) in [4.78, 5) is 25.2. The van der Waals surface area contributed by atoms with Crippen molar-refractivity contribution in [2.75, 3.05) is 24.5 Å². The molecule has 31 heavy (non-hydrogen) atoms. The van der Waals surface area contributed by atoms with Crippen molar-refractivity contribution >= 4 is 11.7 Å². The van der Waals surface area contributed by atoms with E-state index < -0.39 is 5.95 Å². The highest BCUT2D eigenvalue weighted by molar-refractivity contribution is 5.77. The SMILES string of the molecule is CC1CN(C(=O)CCNC2(c3ccc(F)nc3)CC2)CC(C)N1c1ccc(C#N)cn1. The topological polar surface area (TPSA) is 85.2 Å². The van der Waals surface area contributed by atoms with E-state index in [0.29, 0.717) is 31.6 Å². The van der Waals surface area contributed by atoms with Gasteiger partial charge in [-0.25, -0.2) is 9.97 Å². The van der Waals surface area contributed by atoms with Crippen molar-refractivity contribution in [2.24, 2.45) is 0 Å². The summed E-state index contributed by atoms with van der Waals surface area (Å²) in [5, 5.41) is 12.5. The summed E-state index contributed by atoms with van der Waals surface area (Å²) < 4.78 is 13.1. The zero-order valence-corrected chi connectivity index (χ0v) is 17.9. The van der Waals surface area contributed by atoms with Crippen molar-refractivity contribution in [1.29, 1.82) is 5.26 Å². The molecule has 0 spiro atoms. The average Bonchev–Trinajstić information content (AvgIpc) is 3.55. The predicted molar refractivity (Wildman–Crippen MR) is 115 cm³/mol. The number of carbonyl (C=O) groups is 1. The fourth-order valence-corrected chi connectivity index (χ4v) is 4.50. The molecule has 1 aliphatic heterocycles. The minimum absolute atomic E-state index is 0.126. The predicted octanol–water partition coefficient (Wildman–Crippen LogP) is 2.58. The highest BCUT2D eigenvalue weighted by Crippen LogP contribution is 2.45. The standard InChI is InChI=1S/C23H27FN6O/c1-16-14-29(15-17(2)30(16)21-6-3-18(11-25)12-27-21)22(31)7-10-28-23(8-9-23)19-4-5-20(24)26-13-19/h3-6,12-13,16-17,28H,7-10,14-15H2,1-2H3. The molecule has 1 N–H and O–H groups in total. The molecule has 2 unspecified atom stereocenters. The molecule has 2 aliphatic rings. The third kappa shape index (κ3) is 4.52. The molecule has 1 saturated heterocycles. The summed E-state index contributed by atoms with van der Waals surface area (Å²) in [6.45, 7) is 6.04. The first kappa shape index (κ1) is 21.2. The molecule has 2 atom stereocenters. The molecular formula is C23H27FN6O. The fourth-order valence-electron chi connectivity index (χ4n) is 4.50. The fraction of sp³-hybridized carbons (Fsp3) is 0.478. The molecule has 2 fully saturated rings. The summed E-state index contributed by atoms with van der Waals surface area (Å²) in [5.74, 6) is 0.483. The molecule has 2 aromatic heterocycles. The van der Waals surface area contributed by atoms with Gasteiger partial charge in [-0.1, -0.05) is 6.07 Å². The van der Waals surface area contributed by atoms with Gasteiger partial charge in [0.15, 0.2) is 0 Å². The van der Waals surface area contributed by atoms with E-state index in [2.05, 4.69) is 40.1 Å². The Morgan fingerprint density at radius 3 is 2.48 bits per heavy atom. The molecule has 1 aliphatic carbocycles. The minimum atomic E-state index is -0.478. The van der Waals surface area contributed by atoms with Crippen LogP contribution in [0.3, 0.4) is 0 Å². The van der Waals surface area contributed by atoms with Crippen molar-refractivity contribution in [1.82, 2.24) is 20.2 Å². The van der Waals surface area contributed by atoms with Gasteiger partial charge in [0.2, 0.25) is 11.9 Å². The number of halogens is 1. The van der Waals surface area contributed by atoms with E-state index in [-0.39, 0.29) is 23.5 Å². The normalized spacial score (nSPS) is 22.1. The van der Waals surface area contributed by atoms with Crippen molar-refractivity contribution in [3.8, 4) is 6.07 Å². The average molecular weight is 423 g/mol. The van der Waals surface area contributed by atoms with E-state index in [4.69, 9.17) is 5.26 Å². The number of rotatable bonds is 6. The lowest BCUT2D eigenvalue weighted by molar-refractivity contribution is -0.132. The Bertz CT molecular complexity index is 955. The van der Waals surface area contributed by atoms with E-state index in [9.17, 15) is 9.18 Å². The van der Waals surface area contributed by atoms with Gasteiger partial charge in [-0.3, -0.25) is 4.79 Å². The van der Waals surface area contributed by atoms with Gasteiger partial charge in [0.1, 0.15) is 11.9 Å². The first-order valence-electron chi connectivity index (χ1n) is 10.7. The summed E-state index contributed by atoms with van der Waals surface area (Å²) >= 11 is 0. The molecule has 2 aromatic rings. The number of nitrogens with zero attached hydrogens (tertiary/aromatic N) is 5. The van der Waals surface area contributed by atoms with E-state index in [1.165, 1.54) is 6.07 Å². The Hall–Kier alpha value is -3.05. The number of pyridine rings is 2. The third-order valence-corrected chi connectivity index (χ3v) is 6.25. The number of aromatic nitrogens is 2. The number of anilines is 1. The summed E-state index contributed by atoms with van der Waals surface area (Å²) in [5.41, 5.74) is 1.35. The molecule has 1 amide bonds. The van der Waals surface area contributed by atoms with Crippen LogP contribution in [0.25, 0.3) is 0 Å². The number of hydrogen-bond donors (Lipinski definition) is 1. The maximum absolute atomic E-state index is 13.1. The number of amides is 1. The van der Waals surface area contributed by atoms with E-state index in [1.807, 2.05) is 11.0 Å². The second-order valence-electron chi connectivity index (χ2n) is 8.55. The summed E-state index contributed by atoms with van der Waals surface area (Å²) in [6.07, 6.45) is 5.53. The lowest BCUT2D eigenvalue weighted by atomic mass is 10.1. The van der Waals surface area contributed by atoms with Gasteiger partial charge in [-0.05, 0) is 50.5 Å². The van der Waals surface area contributed by atoms with Gasteiger partial charge in [0.05, 0.1) is 5.56 Å². The number of nitrogens with one attached hydrogen (secondary N) is 1. The largest absolute Gasteiger partial charge is 0.348 e. The third-order valence-electron chi connectivity index (χ3n) is 6.25. The maximum Gasteiger partial charge on any atom is 0.223 e. The van der Waals surface area contributed by atoms with Gasteiger partial charge in [0, 0.05) is 56.1 Å². The molecule has 1 saturated carbocycles. The second kappa shape index (κ2) is 8.60. The van der Waals surface area contributed by atoms with E-state index >= 15 is 0 Å². The quantitative estimate of drug-likeness (QED) is 0.721. The lowest BCUT2D eigenvalue weighted by Gasteiger charge is -2.45. The molecule has 0 bridgehead atoms. The van der Waals surface area contributed by atoms with Crippen molar-refractivity contribution in [3.63, 3.8) is 0 Å². The monoisotopic (exact) mass is 422 g/mol. The molecule has 0 radical (unpaired) electrons. The van der Waals surface area contributed by atoms with Crippen molar-refractivity contribution < 1.29 is 9.18 Å². The van der Waals surface area contributed by atoms with Gasteiger partial charge in [0.25, 0.3) is 0 Å². The van der Waals surface area contributed by atoms with Gasteiger partial charge < -0.3 is 15.1 Å². The Morgan fingerprint density at radius 2 is 1.94 bits per heavy atom. The summed E-state index contributed by atoms with van der Waals surface area (Å²) in [7, 11) is 0. The second-order valence-corrected chi connectivity index (χ2v) is 8.55. The number of nitriles is 1. The number of carbonyl (C=O) groups excluding carboxylic acids is 1. The van der Waals surface area contributed by atoms with Crippen LogP contribution in [0.2, 0.25) is 0 Å². The maximum atomic E-state index is 13.1. The molecule has 162 valence electrons. The van der Waals surface area contributed by atoms with Crippen molar-refractivity contribution in [3.05, 3.63) is 53.7 Å². The molecule has 4 rings (SSSR count). The van der Waals surface area contributed by atoms with Crippen molar-refractivity contribution in [2.45, 2.75) is 50.7 Å². The van der Waals surface area contributed by atoms with Crippen LogP contribution in [0.5, 0.6) is 0 Å². The van der Waals surface area contributed by atoms with Crippen LogP contribution in [-0.2, 0) is 10.3 Å². The van der Waals surface area contributed by atoms with Gasteiger partial charge >= 0.3 is 0 Å². The van der Waals surface area contributed by atoms with Gasteiger partial charge in [-0.15, -0.1) is 0 Å². The van der Waals surface area contributed by atoms with E-state index in [1.54, 1.807) is 24.5 Å². The molecule has 8 heteroatoms. The van der Waals surface area contributed by atoms with Crippen LogP contribution in [0, 0.1) is 17.3 Å². The zero-order valence-electron chi connectivity index (χ0n) is 17.9. The van der Waals surface area contributed by atoms with Crippen LogP contribution in [0.15, 0.2) is 36.7 Å². The lowest BCUT2D eigenvalue weighted by Crippen LogP contribution is -2.58. The molecule has 0 aromatic carbocycles. The van der Waals surface area contributed by atoms with E-state index in [0.717, 1.165) is 24.2 Å². The molecule has 3 heterocycles.